The zero-order chi connectivity index (χ0) is 10.2. The lowest BCUT2D eigenvalue weighted by Crippen LogP contribution is -2.57. The normalized spacial score (nSPS) is 16.3. The molecule has 9 heteroatoms. The number of hydrogen-bond acceptors (Lipinski definition) is 5. The van der Waals surface area contributed by atoms with E-state index in [9.17, 15) is 13.2 Å². The highest BCUT2D eigenvalue weighted by Crippen LogP contribution is 2.36. The van der Waals surface area contributed by atoms with Crippen molar-refractivity contribution < 1.29 is 32.5 Å². The van der Waals surface area contributed by atoms with Gasteiger partial charge in [0.2, 0.25) is 0 Å². The summed E-state index contributed by atoms with van der Waals surface area (Å²) in [6, 6.07) is 0. The maximum atomic E-state index is 11.6. The second kappa shape index (κ2) is 3.01. The fourth-order valence-corrected chi connectivity index (χ4v) is 0.982. The smallest absolute Gasteiger partial charge is 0.345 e. The quantitative estimate of drug-likeness (QED) is 0.417. The first-order valence-corrected chi connectivity index (χ1v) is 4.45. The average Bonchev–Trinajstić information content (AvgIpc) is 1.52. The molecule has 0 aliphatic rings. The molecule has 0 atom stereocenters. The minimum atomic E-state index is -5.40. The Morgan fingerprint density at radius 3 is 1.58 bits per heavy atom. The molecule has 76 valence electrons. The summed E-state index contributed by atoms with van der Waals surface area (Å²) in [7, 11) is -3.83. The molecule has 0 aromatic carbocycles. The second-order valence-corrected chi connectivity index (χ2v) is 3.98. The van der Waals surface area contributed by atoms with Crippen molar-refractivity contribution in [3.05, 3.63) is 0 Å². The van der Waals surface area contributed by atoms with Crippen LogP contribution in [0, 0.1) is 0 Å². The van der Waals surface area contributed by atoms with Gasteiger partial charge in [-0.2, -0.15) is 17.9 Å². The Bertz CT molecular complexity index is 164. The zero-order valence-corrected chi connectivity index (χ0v) is 6.65. The van der Waals surface area contributed by atoms with Crippen LogP contribution in [0.15, 0.2) is 0 Å². The standard InChI is InChI=1S/C3H8F3NO4S/c1-12(10,11)7-3(8,9)2(4,5)6/h7-11H,1H3. The van der Waals surface area contributed by atoms with E-state index in [1.54, 1.807) is 0 Å². The summed E-state index contributed by atoms with van der Waals surface area (Å²) in [5.74, 6) is -4.29. The van der Waals surface area contributed by atoms with Crippen LogP contribution in [-0.2, 0) is 0 Å². The number of aliphatic hydroxyl groups is 2. The van der Waals surface area contributed by atoms with Gasteiger partial charge >= 0.3 is 12.1 Å². The Morgan fingerprint density at radius 2 is 1.50 bits per heavy atom. The molecular formula is C3H8F3NO4S. The number of hydrogen-bond donors (Lipinski definition) is 5. The van der Waals surface area contributed by atoms with Crippen LogP contribution in [0.5, 0.6) is 0 Å². The molecule has 0 rings (SSSR count). The molecule has 0 aromatic rings. The van der Waals surface area contributed by atoms with Crippen LogP contribution in [0.25, 0.3) is 0 Å². The number of rotatable bonds is 2. The summed E-state index contributed by atoms with van der Waals surface area (Å²) in [6.07, 6.45) is -4.81. The summed E-state index contributed by atoms with van der Waals surface area (Å²) in [6.45, 7) is 0. The van der Waals surface area contributed by atoms with Gasteiger partial charge in [-0.1, -0.05) is 0 Å². The molecule has 0 saturated heterocycles. The van der Waals surface area contributed by atoms with Crippen LogP contribution in [0.1, 0.15) is 0 Å². The highest BCUT2D eigenvalue weighted by molar-refractivity contribution is 8.22. The summed E-state index contributed by atoms with van der Waals surface area (Å²) in [5, 5.41) is 16.4. The van der Waals surface area contributed by atoms with Crippen molar-refractivity contribution in [3.8, 4) is 0 Å². The van der Waals surface area contributed by atoms with E-state index in [-0.39, 0.29) is 0 Å². The van der Waals surface area contributed by atoms with Crippen LogP contribution in [0.4, 0.5) is 13.2 Å². The maximum absolute atomic E-state index is 11.6. The summed E-state index contributed by atoms with van der Waals surface area (Å²) >= 11 is 0. The molecule has 0 radical (unpaired) electrons. The highest BCUT2D eigenvalue weighted by atomic mass is 32.3. The van der Waals surface area contributed by atoms with Crippen LogP contribution in [0.2, 0.25) is 0 Å². The van der Waals surface area contributed by atoms with Crippen LogP contribution in [0.3, 0.4) is 0 Å². The third-order valence-corrected chi connectivity index (χ3v) is 1.40. The Balaban J connectivity index is 4.44. The third-order valence-electron chi connectivity index (χ3n) is 0.731. The van der Waals surface area contributed by atoms with Crippen molar-refractivity contribution >= 4 is 10.8 Å². The molecule has 0 fully saturated rings. The fourth-order valence-electron chi connectivity index (χ4n) is 0.327. The molecule has 0 aromatic heterocycles. The lowest BCUT2D eigenvalue weighted by atomic mass is 10.5. The van der Waals surface area contributed by atoms with Gasteiger partial charge in [-0.05, 0) is 0 Å². The van der Waals surface area contributed by atoms with Gasteiger partial charge in [0.05, 0.1) is 0 Å². The van der Waals surface area contributed by atoms with Gasteiger partial charge < -0.3 is 10.2 Å². The van der Waals surface area contributed by atoms with Crippen molar-refractivity contribution in [2.45, 2.75) is 12.1 Å². The zero-order valence-electron chi connectivity index (χ0n) is 5.83. The van der Waals surface area contributed by atoms with Gasteiger partial charge in [-0.25, -0.2) is 0 Å². The topological polar surface area (TPSA) is 93.0 Å². The predicted octanol–water partition coefficient (Wildman–Crippen LogP) is 0.0721. The molecule has 0 unspecified atom stereocenters. The molecule has 5 N–H and O–H groups in total. The molecule has 0 bridgehead atoms. The maximum Gasteiger partial charge on any atom is 0.460 e. The SMILES string of the molecule is CS(O)(O)NC(O)(O)C(F)(F)F. The van der Waals surface area contributed by atoms with E-state index in [1.165, 1.54) is 0 Å². The van der Waals surface area contributed by atoms with E-state index < -0.39 is 22.9 Å². The second-order valence-electron chi connectivity index (χ2n) is 2.11. The van der Waals surface area contributed by atoms with Gasteiger partial charge in [-0.15, -0.1) is 10.8 Å². The Labute approximate surface area is 67.3 Å². The largest absolute Gasteiger partial charge is 0.460 e. The van der Waals surface area contributed by atoms with E-state index in [0.717, 1.165) is 4.72 Å². The Kier molecular flexibility index (Phi) is 3.00. The molecule has 0 heterocycles. The lowest BCUT2D eigenvalue weighted by Gasteiger charge is -2.35. The predicted molar refractivity (Wildman–Crippen MR) is 35.1 cm³/mol. The van der Waals surface area contributed by atoms with Crippen LogP contribution < -0.4 is 4.72 Å². The highest BCUT2D eigenvalue weighted by Gasteiger charge is 2.55. The van der Waals surface area contributed by atoms with Crippen molar-refractivity contribution in [1.29, 1.82) is 0 Å². The third kappa shape index (κ3) is 3.56. The van der Waals surface area contributed by atoms with E-state index in [4.69, 9.17) is 19.3 Å². The molecule has 12 heavy (non-hydrogen) atoms. The molecule has 0 aliphatic heterocycles. The first-order valence-electron chi connectivity index (χ1n) is 2.49. The summed E-state index contributed by atoms with van der Waals surface area (Å²) < 4.78 is 52.4. The Hall–Kier alpha value is -0.0600. The molecular weight excluding hydrogens is 203 g/mol. The van der Waals surface area contributed by atoms with Crippen molar-refractivity contribution in [2.24, 2.45) is 0 Å². The fraction of sp³-hybridized carbons (Fsp3) is 1.00. The van der Waals surface area contributed by atoms with Gasteiger partial charge in [0, 0.05) is 6.26 Å². The first-order chi connectivity index (χ1) is 4.96. The van der Waals surface area contributed by atoms with Crippen LogP contribution in [-0.4, -0.2) is 37.7 Å². The van der Waals surface area contributed by atoms with Crippen molar-refractivity contribution in [3.63, 3.8) is 0 Å². The summed E-state index contributed by atoms with van der Waals surface area (Å²) in [5.41, 5.74) is 0. The van der Waals surface area contributed by atoms with Crippen molar-refractivity contribution in [1.82, 2.24) is 4.72 Å². The van der Waals surface area contributed by atoms with E-state index in [1.807, 2.05) is 0 Å². The van der Waals surface area contributed by atoms with Gasteiger partial charge in [0.1, 0.15) is 0 Å². The molecule has 0 aliphatic carbocycles. The van der Waals surface area contributed by atoms with E-state index in [2.05, 4.69) is 0 Å². The lowest BCUT2D eigenvalue weighted by molar-refractivity contribution is -0.354. The van der Waals surface area contributed by atoms with Crippen LogP contribution >= 0.6 is 10.8 Å². The Morgan fingerprint density at radius 1 is 1.17 bits per heavy atom. The van der Waals surface area contributed by atoms with E-state index in [0.29, 0.717) is 6.26 Å². The van der Waals surface area contributed by atoms with Gasteiger partial charge in [0.25, 0.3) is 0 Å². The molecule has 0 spiro atoms. The number of halogens is 3. The van der Waals surface area contributed by atoms with Gasteiger partial charge in [-0.3, -0.25) is 9.11 Å². The van der Waals surface area contributed by atoms with Gasteiger partial charge in [0.15, 0.2) is 0 Å². The molecule has 0 saturated carbocycles. The monoisotopic (exact) mass is 211 g/mol. The molecule has 5 nitrogen and oxygen atoms in total. The average molecular weight is 211 g/mol. The minimum absolute atomic E-state index is 0.583. The van der Waals surface area contributed by atoms with E-state index >= 15 is 0 Å². The number of nitrogens with one attached hydrogen (secondary N) is 1. The van der Waals surface area contributed by atoms with Crippen molar-refractivity contribution in [2.75, 3.05) is 6.26 Å². The minimum Gasteiger partial charge on any atom is -0.345 e. The first kappa shape index (κ1) is 11.9. The molecule has 0 amide bonds. The summed E-state index contributed by atoms with van der Waals surface area (Å²) in [4.78, 5) is 0. The number of alkyl halides is 3.